The van der Waals surface area contributed by atoms with Crippen LogP contribution in [-0.2, 0) is 4.79 Å². The van der Waals surface area contributed by atoms with E-state index in [4.69, 9.17) is 9.47 Å². The number of carbonyl (C=O) groups excluding carboxylic acids is 1. The average molecular weight is 366 g/mol. The summed E-state index contributed by atoms with van der Waals surface area (Å²) in [5, 5.41) is 6.45. The highest BCUT2D eigenvalue weighted by Crippen LogP contribution is 2.58. The topological polar surface area (TPSA) is 59.6 Å². The zero-order chi connectivity index (χ0) is 18.5. The molecule has 1 aliphatic carbocycles. The quantitative estimate of drug-likeness (QED) is 0.737. The first-order valence-corrected chi connectivity index (χ1v) is 9.68. The van der Waals surface area contributed by atoms with E-state index in [-0.39, 0.29) is 17.2 Å². The van der Waals surface area contributed by atoms with Crippen LogP contribution < -0.4 is 20.1 Å². The Morgan fingerprint density at radius 2 is 1.70 bits per heavy atom. The summed E-state index contributed by atoms with van der Waals surface area (Å²) in [4.78, 5) is 12.7. The van der Waals surface area contributed by atoms with Crippen LogP contribution in [0.5, 0.6) is 11.5 Å². The average Bonchev–Trinajstić information content (AvgIpc) is 3.40. The van der Waals surface area contributed by atoms with Crippen LogP contribution in [0.1, 0.15) is 19.3 Å². The van der Waals surface area contributed by atoms with Gasteiger partial charge in [-0.3, -0.25) is 4.79 Å². The zero-order valence-electron chi connectivity index (χ0n) is 15.4. The molecule has 1 heterocycles. The van der Waals surface area contributed by atoms with Gasteiger partial charge in [0.15, 0.2) is 0 Å². The monoisotopic (exact) mass is 366 g/mol. The number of para-hydroxylation sites is 3. The minimum absolute atomic E-state index is 0.119. The van der Waals surface area contributed by atoms with Gasteiger partial charge in [0.1, 0.15) is 24.7 Å². The zero-order valence-corrected chi connectivity index (χ0v) is 15.4. The first-order chi connectivity index (χ1) is 13.3. The van der Waals surface area contributed by atoms with Gasteiger partial charge in [-0.1, -0.05) is 30.3 Å². The van der Waals surface area contributed by atoms with E-state index in [0.717, 1.165) is 43.8 Å². The van der Waals surface area contributed by atoms with Crippen molar-refractivity contribution >= 4 is 11.6 Å². The molecular weight excluding hydrogens is 340 g/mol. The van der Waals surface area contributed by atoms with Gasteiger partial charge in [-0.2, -0.15) is 0 Å². The second kappa shape index (κ2) is 8.01. The molecule has 1 spiro atoms. The predicted octanol–water partition coefficient (Wildman–Crippen LogP) is 3.47. The Bertz CT molecular complexity index is 772. The van der Waals surface area contributed by atoms with Crippen LogP contribution in [0.2, 0.25) is 0 Å². The van der Waals surface area contributed by atoms with E-state index in [1.54, 1.807) is 0 Å². The molecule has 1 amide bonds. The molecule has 2 aromatic carbocycles. The maximum absolute atomic E-state index is 12.7. The minimum atomic E-state index is 0.119. The number of rotatable bonds is 7. The van der Waals surface area contributed by atoms with Crippen molar-refractivity contribution in [3.63, 3.8) is 0 Å². The smallest absolute Gasteiger partial charge is 0.228 e. The van der Waals surface area contributed by atoms with Crippen molar-refractivity contribution in [1.29, 1.82) is 0 Å². The Balaban J connectivity index is 1.29. The highest BCUT2D eigenvalue weighted by atomic mass is 16.5. The van der Waals surface area contributed by atoms with Crippen molar-refractivity contribution in [2.45, 2.75) is 19.3 Å². The van der Waals surface area contributed by atoms with Crippen molar-refractivity contribution in [3.8, 4) is 11.5 Å². The summed E-state index contributed by atoms with van der Waals surface area (Å²) < 4.78 is 11.5. The summed E-state index contributed by atoms with van der Waals surface area (Å²) in [5.41, 5.74) is 0.965. The molecule has 0 bridgehead atoms. The van der Waals surface area contributed by atoms with Crippen molar-refractivity contribution < 1.29 is 14.3 Å². The molecule has 0 aromatic heterocycles. The Labute approximate surface area is 160 Å². The van der Waals surface area contributed by atoms with E-state index in [0.29, 0.717) is 19.0 Å². The van der Waals surface area contributed by atoms with Crippen LogP contribution in [0, 0.1) is 11.3 Å². The first-order valence-electron chi connectivity index (χ1n) is 9.68. The molecule has 1 saturated carbocycles. The summed E-state index contributed by atoms with van der Waals surface area (Å²) in [6, 6.07) is 17.3. The lowest BCUT2D eigenvalue weighted by atomic mass is 9.92. The number of hydrogen-bond acceptors (Lipinski definition) is 4. The van der Waals surface area contributed by atoms with Crippen molar-refractivity contribution in [2.75, 3.05) is 31.6 Å². The van der Waals surface area contributed by atoms with Gasteiger partial charge in [0.05, 0.1) is 5.69 Å². The Morgan fingerprint density at radius 1 is 1.00 bits per heavy atom. The Morgan fingerprint density at radius 3 is 2.52 bits per heavy atom. The molecule has 2 aromatic rings. The van der Waals surface area contributed by atoms with Gasteiger partial charge in [-0.15, -0.1) is 0 Å². The van der Waals surface area contributed by atoms with E-state index in [2.05, 4.69) is 10.6 Å². The fourth-order valence-corrected chi connectivity index (χ4v) is 3.94. The third kappa shape index (κ3) is 4.25. The van der Waals surface area contributed by atoms with Crippen LogP contribution >= 0.6 is 0 Å². The molecule has 27 heavy (non-hydrogen) atoms. The summed E-state index contributed by atoms with van der Waals surface area (Å²) in [6.45, 7) is 2.90. The van der Waals surface area contributed by atoms with Gasteiger partial charge >= 0.3 is 0 Å². The lowest BCUT2D eigenvalue weighted by molar-refractivity contribution is -0.118. The van der Waals surface area contributed by atoms with Gasteiger partial charge in [0.2, 0.25) is 5.91 Å². The number of carbonyl (C=O) groups is 1. The number of hydrogen-bond donors (Lipinski definition) is 2. The second-order valence-electron chi connectivity index (χ2n) is 7.36. The molecular formula is C22H26N2O3. The fraction of sp³-hybridized carbons (Fsp3) is 0.409. The number of nitrogens with one attached hydrogen (secondary N) is 2. The maximum atomic E-state index is 12.7. The third-order valence-corrected chi connectivity index (χ3v) is 5.60. The largest absolute Gasteiger partial charge is 0.490 e. The van der Waals surface area contributed by atoms with Crippen molar-refractivity contribution in [3.05, 3.63) is 54.6 Å². The minimum Gasteiger partial charge on any atom is -0.490 e. The van der Waals surface area contributed by atoms with Crippen LogP contribution in [0.3, 0.4) is 0 Å². The second-order valence-corrected chi connectivity index (χ2v) is 7.36. The molecule has 4 rings (SSSR count). The van der Waals surface area contributed by atoms with E-state index in [1.165, 1.54) is 0 Å². The number of piperidine rings is 1. The Hall–Kier alpha value is -2.53. The summed E-state index contributed by atoms with van der Waals surface area (Å²) >= 11 is 0. The lowest BCUT2D eigenvalue weighted by Crippen LogP contribution is -2.31. The van der Waals surface area contributed by atoms with Crippen LogP contribution in [-0.4, -0.2) is 32.2 Å². The number of anilines is 1. The lowest BCUT2D eigenvalue weighted by Gasteiger charge is -2.23. The van der Waals surface area contributed by atoms with E-state index in [9.17, 15) is 4.79 Å². The molecule has 0 unspecified atom stereocenters. The Kier molecular flexibility index (Phi) is 5.30. The summed E-state index contributed by atoms with van der Waals surface area (Å²) in [6.07, 6.45) is 3.20. The molecule has 5 nitrogen and oxygen atoms in total. The van der Waals surface area contributed by atoms with Gasteiger partial charge in [0, 0.05) is 5.92 Å². The van der Waals surface area contributed by atoms with E-state index < -0.39 is 0 Å². The van der Waals surface area contributed by atoms with Crippen LogP contribution in [0.4, 0.5) is 5.69 Å². The van der Waals surface area contributed by atoms with E-state index >= 15 is 0 Å². The molecule has 5 heteroatoms. The first kappa shape index (κ1) is 17.9. The summed E-state index contributed by atoms with van der Waals surface area (Å²) in [7, 11) is 0. The molecule has 142 valence electrons. The van der Waals surface area contributed by atoms with Gasteiger partial charge in [-0.25, -0.2) is 0 Å². The van der Waals surface area contributed by atoms with Gasteiger partial charge in [-0.05, 0) is 62.0 Å². The molecule has 1 aliphatic heterocycles. The third-order valence-electron chi connectivity index (χ3n) is 5.60. The molecule has 1 atom stereocenters. The standard InChI is InChI=1S/C22H26N2O3/c25-21(18-16-22(18)10-12-23-13-11-22)24-19-8-4-5-9-20(19)27-15-14-26-17-6-2-1-3-7-17/h1-9,18,23H,10-16H2,(H,24,25)/t18-/m1/s1. The highest BCUT2D eigenvalue weighted by Gasteiger charge is 2.57. The molecule has 2 fully saturated rings. The SMILES string of the molecule is O=C(Nc1ccccc1OCCOc1ccccc1)[C@H]1CC12CCNCC2. The summed E-state index contributed by atoms with van der Waals surface area (Å²) in [5.74, 6) is 1.76. The van der Waals surface area contributed by atoms with Gasteiger partial charge < -0.3 is 20.1 Å². The molecule has 2 N–H and O–H groups in total. The van der Waals surface area contributed by atoms with E-state index in [1.807, 2.05) is 54.6 Å². The predicted molar refractivity (Wildman–Crippen MR) is 105 cm³/mol. The normalized spacial score (nSPS) is 20.1. The van der Waals surface area contributed by atoms with Gasteiger partial charge in [0.25, 0.3) is 0 Å². The molecule has 1 saturated heterocycles. The highest BCUT2D eigenvalue weighted by molar-refractivity contribution is 5.96. The van der Waals surface area contributed by atoms with Crippen LogP contribution in [0.15, 0.2) is 54.6 Å². The van der Waals surface area contributed by atoms with Crippen LogP contribution in [0.25, 0.3) is 0 Å². The number of ether oxygens (including phenoxy) is 2. The molecule has 2 aliphatic rings. The maximum Gasteiger partial charge on any atom is 0.228 e. The van der Waals surface area contributed by atoms with Crippen molar-refractivity contribution in [2.24, 2.45) is 11.3 Å². The molecule has 0 radical (unpaired) electrons. The number of benzene rings is 2. The fourth-order valence-electron chi connectivity index (χ4n) is 3.94. The number of amides is 1. The van der Waals surface area contributed by atoms with Crippen molar-refractivity contribution in [1.82, 2.24) is 5.32 Å².